The number of rotatable bonds is 7. The molecule has 3 aromatic heterocycles. The lowest BCUT2D eigenvalue weighted by Crippen LogP contribution is -2.14. The number of carbonyl (C=O) groups is 1. The van der Waals surface area contributed by atoms with Gasteiger partial charge >= 0.3 is 0 Å². The van der Waals surface area contributed by atoms with Gasteiger partial charge in [-0.2, -0.15) is 5.26 Å². The lowest BCUT2D eigenvalue weighted by molar-refractivity contribution is -0.113. The van der Waals surface area contributed by atoms with E-state index in [2.05, 4.69) is 57.5 Å². The van der Waals surface area contributed by atoms with Crippen LogP contribution in [0.5, 0.6) is 0 Å². The van der Waals surface area contributed by atoms with Crippen LogP contribution in [0.15, 0.2) is 40.9 Å². The summed E-state index contributed by atoms with van der Waals surface area (Å²) in [4.78, 5) is 15.3. The minimum atomic E-state index is -0.128. The zero-order valence-corrected chi connectivity index (χ0v) is 22.8. The van der Waals surface area contributed by atoms with Gasteiger partial charge in [-0.3, -0.25) is 4.79 Å². The number of aryl methyl sites for hydroxylation is 2. The van der Waals surface area contributed by atoms with E-state index in [4.69, 9.17) is 0 Å². The first-order valence-corrected chi connectivity index (χ1v) is 14.8. The summed E-state index contributed by atoms with van der Waals surface area (Å²) in [5.41, 5.74) is 5.19. The molecular formula is C27H27N5OS3. The van der Waals surface area contributed by atoms with E-state index in [1.54, 1.807) is 22.7 Å². The summed E-state index contributed by atoms with van der Waals surface area (Å²) in [6, 6.07) is 12.7. The third kappa shape index (κ3) is 4.85. The molecule has 184 valence electrons. The predicted octanol–water partition coefficient (Wildman–Crippen LogP) is 6.93. The summed E-state index contributed by atoms with van der Waals surface area (Å²) in [5.74, 6) is 0.897. The van der Waals surface area contributed by atoms with E-state index >= 15 is 0 Å². The van der Waals surface area contributed by atoms with Crippen molar-refractivity contribution < 1.29 is 4.79 Å². The highest BCUT2D eigenvalue weighted by atomic mass is 32.2. The molecule has 0 fully saturated rings. The van der Waals surface area contributed by atoms with E-state index in [9.17, 15) is 10.1 Å². The second kappa shape index (κ2) is 11.0. The Morgan fingerprint density at radius 2 is 2.00 bits per heavy atom. The molecule has 0 radical (unpaired) electrons. The van der Waals surface area contributed by atoms with Crippen LogP contribution in [-0.2, 0) is 24.2 Å². The SMILES string of the molecule is CCn1c(SCC(=O)Nc2sc3c(c2C#N)CCCCC3)nnc1-c1csc(C)c1-c1ccccc1. The largest absolute Gasteiger partial charge is 0.316 e. The van der Waals surface area contributed by atoms with Crippen molar-refractivity contribution in [3.05, 3.63) is 56.6 Å². The standard InChI is InChI=1S/C27H27N5OS3/c1-3-32-25(21-15-34-17(2)24(21)18-10-6-4-7-11-18)30-31-27(32)35-16-23(33)29-26-20(14-28)19-12-8-5-9-13-22(19)36-26/h4,6-7,10-11,15H,3,5,8-9,12-13,16H2,1-2H3,(H,29,33). The fraction of sp³-hybridized carbons (Fsp3) is 0.333. The van der Waals surface area contributed by atoms with Crippen molar-refractivity contribution in [2.75, 3.05) is 11.1 Å². The first-order valence-electron chi connectivity index (χ1n) is 12.1. The lowest BCUT2D eigenvalue weighted by Gasteiger charge is -2.09. The summed E-state index contributed by atoms with van der Waals surface area (Å²) < 4.78 is 2.07. The number of amides is 1. The summed E-state index contributed by atoms with van der Waals surface area (Å²) in [6.07, 6.45) is 5.37. The van der Waals surface area contributed by atoms with Crippen LogP contribution in [0.3, 0.4) is 0 Å². The van der Waals surface area contributed by atoms with Gasteiger partial charge in [0.1, 0.15) is 11.1 Å². The molecule has 0 saturated carbocycles. The minimum Gasteiger partial charge on any atom is -0.316 e. The van der Waals surface area contributed by atoms with Crippen LogP contribution >= 0.6 is 34.4 Å². The van der Waals surface area contributed by atoms with Crippen LogP contribution in [0.2, 0.25) is 0 Å². The van der Waals surface area contributed by atoms with Crippen molar-refractivity contribution in [1.29, 1.82) is 5.26 Å². The van der Waals surface area contributed by atoms with Crippen molar-refractivity contribution in [1.82, 2.24) is 14.8 Å². The lowest BCUT2D eigenvalue weighted by atomic mass is 10.0. The van der Waals surface area contributed by atoms with Crippen LogP contribution in [-0.4, -0.2) is 26.4 Å². The normalized spacial score (nSPS) is 13.1. The van der Waals surface area contributed by atoms with Crippen LogP contribution in [0.1, 0.15) is 47.1 Å². The number of carbonyl (C=O) groups excluding carboxylic acids is 1. The molecule has 0 unspecified atom stereocenters. The molecule has 0 saturated heterocycles. The fourth-order valence-electron chi connectivity index (χ4n) is 4.70. The summed E-state index contributed by atoms with van der Waals surface area (Å²) >= 11 is 4.65. The minimum absolute atomic E-state index is 0.128. The third-order valence-electron chi connectivity index (χ3n) is 6.43. The van der Waals surface area contributed by atoms with Crippen molar-refractivity contribution in [3.63, 3.8) is 0 Å². The highest BCUT2D eigenvalue weighted by Crippen LogP contribution is 2.40. The van der Waals surface area contributed by atoms with Crippen LogP contribution in [0.4, 0.5) is 5.00 Å². The Balaban J connectivity index is 1.33. The Labute approximate surface area is 223 Å². The van der Waals surface area contributed by atoms with E-state index < -0.39 is 0 Å². The Hall–Kier alpha value is -2.93. The van der Waals surface area contributed by atoms with E-state index in [0.29, 0.717) is 22.3 Å². The number of hydrogen-bond donors (Lipinski definition) is 1. The molecule has 1 aliphatic carbocycles. The molecule has 0 aliphatic heterocycles. The molecule has 3 heterocycles. The van der Waals surface area contributed by atoms with Crippen molar-refractivity contribution >= 4 is 45.3 Å². The molecule has 9 heteroatoms. The van der Waals surface area contributed by atoms with Crippen LogP contribution in [0.25, 0.3) is 22.5 Å². The van der Waals surface area contributed by atoms with E-state index in [1.165, 1.54) is 33.5 Å². The number of nitrogens with one attached hydrogen (secondary N) is 1. The molecule has 6 nitrogen and oxygen atoms in total. The first-order chi connectivity index (χ1) is 17.6. The zero-order chi connectivity index (χ0) is 25.1. The maximum absolute atomic E-state index is 12.9. The van der Waals surface area contributed by atoms with Gasteiger partial charge in [0.05, 0.1) is 11.3 Å². The molecule has 1 aliphatic rings. The maximum atomic E-state index is 12.9. The molecule has 0 spiro atoms. The van der Waals surface area contributed by atoms with Crippen molar-refractivity contribution in [2.24, 2.45) is 0 Å². The van der Waals surface area contributed by atoms with Gasteiger partial charge in [-0.15, -0.1) is 32.9 Å². The zero-order valence-electron chi connectivity index (χ0n) is 20.3. The predicted molar refractivity (Wildman–Crippen MR) is 149 cm³/mol. The van der Waals surface area contributed by atoms with Crippen LogP contribution in [0, 0.1) is 18.3 Å². The molecule has 36 heavy (non-hydrogen) atoms. The average molecular weight is 534 g/mol. The number of hydrogen-bond acceptors (Lipinski definition) is 7. The van der Waals surface area contributed by atoms with Gasteiger partial charge in [-0.25, -0.2) is 0 Å². The van der Waals surface area contributed by atoms with Gasteiger partial charge in [-0.05, 0) is 50.7 Å². The van der Waals surface area contributed by atoms with Crippen molar-refractivity contribution in [2.45, 2.75) is 57.7 Å². The second-order valence-electron chi connectivity index (χ2n) is 8.71. The quantitative estimate of drug-likeness (QED) is 0.206. The highest BCUT2D eigenvalue weighted by molar-refractivity contribution is 7.99. The molecule has 1 amide bonds. The molecule has 4 aromatic rings. The number of thiophene rings is 2. The second-order valence-corrected chi connectivity index (χ2v) is 11.8. The monoisotopic (exact) mass is 533 g/mol. The Morgan fingerprint density at radius 1 is 1.19 bits per heavy atom. The number of anilines is 1. The van der Waals surface area contributed by atoms with Gasteiger partial charge in [0.25, 0.3) is 0 Å². The molecule has 5 rings (SSSR count). The topological polar surface area (TPSA) is 83.6 Å². The summed E-state index contributed by atoms with van der Waals surface area (Å²) in [5, 5.41) is 25.2. The fourth-order valence-corrected chi connectivity index (χ4v) is 7.63. The van der Waals surface area contributed by atoms with Crippen LogP contribution < -0.4 is 5.32 Å². The smallest absolute Gasteiger partial charge is 0.235 e. The Kier molecular flexibility index (Phi) is 7.56. The number of nitriles is 1. The first kappa shape index (κ1) is 24.8. The van der Waals surface area contributed by atoms with E-state index in [1.807, 2.05) is 18.2 Å². The van der Waals surface area contributed by atoms with E-state index in [0.717, 1.165) is 48.2 Å². The number of benzene rings is 1. The number of nitrogens with zero attached hydrogens (tertiary/aromatic N) is 4. The number of thioether (sulfide) groups is 1. The summed E-state index contributed by atoms with van der Waals surface area (Å²) in [7, 11) is 0. The van der Waals surface area contributed by atoms with Gasteiger partial charge in [0, 0.05) is 32.8 Å². The third-order valence-corrected chi connectivity index (χ3v) is 9.52. The Morgan fingerprint density at radius 3 is 2.78 bits per heavy atom. The average Bonchev–Trinajstić information content (AvgIpc) is 3.52. The van der Waals surface area contributed by atoms with Crippen molar-refractivity contribution in [3.8, 4) is 28.6 Å². The van der Waals surface area contributed by atoms with Gasteiger partial charge in [0.15, 0.2) is 11.0 Å². The maximum Gasteiger partial charge on any atom is 0.235 e. The van der Waals surface area contributed by atoms with Gasteiger partial charge in [0.2, 0.25) is 5.91 Å². The summed E-state index contributed by atoms with van der Waals surface area (Å²) in [6.45, 7) is 4.89. The molecule has 1 N–H and O–H groups in total. The number of fused-ring (bicyclic) bond motifs is 1. The molecule has 0 atom stereocenters. The van der Waals surface area contributed by atoms with Gasteiger partial charge < -0.3 is 9.88 Å². The van der Waals surface area contributed by atoms with Gasteiger partial charge in [-0.1, -0.05) is 48.5 Å². The Bertz CT molecular complexity index is 1430. The molecule has 1 aromatic carbocycles. The molecule has 0 bridgehead atoms. The van der Waals surface area contributed by atoms with E-state index in [-0.39, 0.29) is 11.7 Å². The number of aromatic nitrogens is 3. The molecular weight excluding hydrogens is 507 g/mol. The highest BCUT2D eigenvalue weighted by Gasteiger charge is 2.23.